The Morgan fingerprint density at radius 2 is 1.73 bits per heavy atom. The average Bonchev–Trinajstić information content (AvgIpc) is 2.91. The lowest BCUT2D eigenvalue weighted by Gasteiger charge is -2.06. The van der Waals surface area contributed by atoms with Gasteiger partial charge in [-0.2, -0.15) is 0 Å². The number of nitrogens with one attached hydrogen (secondary N) is 1. The smallest absolute Gasteiger partial charge is 0.307 e. The number of nitrogens with zero attached hydrogens (tertiary/aromatic N) is 1. The highest BCUT2D eigenvalue weighted by molar-refractivity contribution is 7.90. The molecule has 0 radical (unpaired) electrons. The zero-order chi connectivity index (χ0) is 18.4. The van der Waals surface area contributed by atoms with E-state index in [1.165, 1.54) is 6.07 Å². The van der Waals surface area contributed by atoms with Gasteiger partial charge in [-0.3, -0.25) is 14.5 Å². The first-order valence-corrected chi connectivity index (χ1v) is 9.55. The van der Waals surface area contributed by atoms with Crippen molar-refractivity contribution in [1.29, 1.82) is 0 Å². The molecule has 1 aliphatic rings. The first-order valence-electron chi connectivity index (χ1n) is 8.06. The Morgan fingerprint density at radius 3 is 2.54 bits per heavy atom. The van der Waals surface area contributed by atoms with Crippen molar-refractivity contribution in [1.82, 2.24) is 4.72 Å². The molecule has 0 saturated heterocycles. The molecule has 0 saturated carbocycles. The van der Waals surface area contributed by atoms with Crippen LogP contribution in [0.2, 0.25) is 0 Å². The van der Waals surface area contributed by atoms with Gasteiger partial charge in [0.1, 0.15) is 24.8 Å². The van der Waals surface area contributed by atoms with Gasteiger partial charge in [0.15, 0.2) is 0 Å². The predicted octanol–water partition coefficient (Wildman–Crippen LogP) is 1.74. The van der Waals surface area contributed by atoms with Gasteiger partial charge in [0.25, 0.3) is 10.0 Å². The molecule has 26 heavy (non-hydrogen) atoms. The highest BCUT2D eigenvalue weighted by Crippen LogP contribution is 2.22. The topological polar surface area (TPSA) is 94.1 Å². The number of aliphatic imine (C=N–C) groups is 1. The largest absolute Gasteiger partial charge is 0.490 e. The van der Waals surface area contributed by atoms with Crippen LogP contribution in [0.3, 0.4) is 0 Å². The number of esters is 1. The number of para-hydroxylation sites is 1. The Balaban J connectivity index is 1.43. The quantitative estimate of drug-likeness (QED) is 0.588. The summed E-state index contributed by atoms with van der Waals surface area (Å²) in [4.78, 5) is 16.1. The minimum absolute atomic E-state index is 0.0543. The summed E-state index contributed by atoms with van der Waals surface area (Å²) in [6, 6.07) is 15.8. The summed E-state index contributed by atoms with van der Waals surface area (Å²) in [6.07, 6.45) is 0.0543. The maximum absolute atomic E-state index is 12.0. The minimum Gasteiger partial charge on any atom is -0.490 e. The molecule has 0 atom stereocenters. The van der Waals surface area contributed by atoms with Crippen LogP contribution in [0.15, 0.2) is 64.5 Å². The Morgan fingerprint density at radius 1 is 1.00 bits per heavy atom. The second-order valence-corrected chi connectivity index (χ2v) is 7.11. The summed E-state index contributed by atoms with van der Waals surface area (Å²) < 4.78 is 36.8. The first-order chi connectivity index (χ1) is 12.6. The molecule has 0 spiro atoms. The van der Waals surface area contributed by atoms with Crippen LogP contribution < -0.4 is 9.46 Å². The van der Waals surface area contributed by atoms with Crippen LogP contribution in [-0.4, -0.2) is 40.0 Å². The zero-order valence-corrected chi connectivity index (χ0v) is 14.7. The number of sulfonamides is 1. The molecule has 2 aromatic carbocycles. The normalized spacial score (nSPS) is 15.9. The van der Waals surface area contributed by atoms with Crippen molar-refractivity contribution in [3.8, 4) is 5.75 Å². The van der Waals surface area contributed by atoms with Gasteiger partial charge in [0.05, 0.1) is 17.9 Å². The second kappa shape index (κ2) is 8.01. The van der Waals surface area contributed by atoms with E-state index < -0.39 is 16.0 Å². The number of hydrogen-bond acceptors (Lipinski definition) is 6. The molecule has 136 valence electrons. The van der Waals surface area contributed by atoms with E-state index in [4.69, 9.17) is 9.47 Å². The Kier molecular flexibility index (Phi) is 5.52. The van der Waals surface area contributed by atoms with Crippen molar-refractivity contribution in [2.45, 2.75) is 11.3 Å². The Labute approximate surface area is 151 Å². The van der Waals surface area contributed by atoms with E-state index in [1.807, 2.05) is 30.3 Å². The molecule has 1 N–H and O–H groups in total. The van der Waals surface area contributed by atoms with Gasteiger partial charge in [0.2, 0.25) is 0 Å². The van der Waals surface area contributed by atoms with Gasteiger partial charge in [0, 0.05) is 5.56 Å². The van der Waals surface area contributed by atoms with Crippen LogP contribution in [0.4, 0.5) is 0 Å². The number of hydrogen-bond donors (Lipinski definition) is 1. The number of ether oxygens (including phenoxy) is 2. The highest BCUT2D eigenvalue weighted by atomic mass is 32.2. The van der Waals surface area contributed by atoms with Crippen LogP contribution in [-0.2, 0) is 19.6 Å². The molecule has 0 aliphatic carbocycles. The van der Waals surface area contributed by atoms with Crippen LogP contribution in [0.25, 0.3) is 0 Å². The molecular formula is C18H18N2O5S. The van der Waals surface area contributed by atoms with Gasteiger partial charge < -0.3 is 9.47 Å². The number of fused-ring (bicyclic) bond motifs is 1. The third-order valence-electron chi connectivity index (χ3n) is 3.61. The van der Waals surface area contributed by atoms with Gasteiger partial charge in [-0.1, -0.05) is 30.3 Å². The number of carbonyl (C=O) groups is 1. The van der Waals surface area contributed by atoms with Gasteiger partial charge in [-0.15, -0.1) is 0 Å². The lowest BCUT2D eigenvalue weighted by molar-refractivity contribution is -0.144. The summed E-state index contributed by atoms with van der Waals surface area (Å²) in [5.74, 6) is 0.545. The van der Waals surface area contributed by atoms with Gasteiger partial charge in [-0.25, -0.2) is 8.42 Å². The molecule has 0 bridgehead atoms. The van der Waals surface area contributed by atoms with E-state index in [9.17, 15) is 13.2 Å². The predicted molar refractivity (Wildman–Crippen MR) is 95.7 cm³/mol. The Bertz CT molecular complexity index is 910. The molecule has 7 nitrogen and oxygen atoms in total. The monoisotopic (exact) mass is 374 g/mol. The SMILES string of the molecule is O=C(CCN=C1NS(=O)(=O)c2ccccc21)OCCOc1ccccc1. The Hall–Kier alpha value is -2.87. The number of amidine groups is 1. The summed E-state index contributed by atoms with van der Waals surface area (Å²) in [5.41, 5.74) is 0.511. The molecular weight excluding hydrogens is 356 g/mol. The van der Waals surface area contributed by atoms with Gasteiger partial charge >= 0.3 is 5.97 Å². The minimum atomic E-state index is -3.56. The third kappa shape index (κ3) is 4.40. The van der Waals surface area contributed by atoms with Gasteiger partial charge in [-0.05, 0) is 24.3 Å². The fraction of sp³-hybridized carbons (Fsp3) is 0.222. The first kappa shape index (κ1) is 17.9. The molecule has 0 unspecified atom stereocenters. The molecule has 8 heteroatoms. The average molecular weight is 374 g/mol. The maximum atomic E-state index is 12.0. The van der Waals surface area contributed by atoms with E-state index in [1.54, 1.807) is 18.2 Å². The zero-order valence-electron chi connectivity index (χ0n) is 13.9. The number of rotatable bonds is 7. The molecule has 0 aromatic heterocycles. The second-order valence-electron chi connectivity index (χ2n) is 5.46. The van der Waals surface area contributed by atoms with Crippen molar-refractivity contribution in [3.63, 3.8) is 0 Å². The van der Waals surface area contributed by atoms with E-state index >= 15 is 0 Å². The summed E-state index contributed by atoms with van der Waals surface area (Å²) in [7, 11) is -3.56. The lowest BCUT2D eigenvalue weighted by atomic mass is 10.2. The fourth-order valence-electron chi connectivity index (χ4n) is 2.41. The number of benzene rings is 2. The maximum Gasteiger partial charge on any atom is 0.307 e. The van der Waals surface area contributed by atoms with Crippen molar-refractivity contribution in [2.75, 3.05) is 19.8 Å². The van der Waals surface area contributed by atoms with Crippen molar-refractivity contribution < 1.29 is 22.7 Å². The molecule has 2 aromatic rings. The van der Waals surface area contributed by atoms with Crippen LogP contribution in [0.5, 0.6) is 5.75 Å². The summed E-state index contributed by atoms with van der Waals surface area (Å²) in [6.45, 7) is 0.530. The summed E-state index contributed by atoms with van der Waals surface area (Å²) in [5, 5.41) is 0. The van der Waals surface area contributed by atoms with Crippen LogP contribution in [0, 0.1) is 0 Å². The van der Waals surface area contributed by atoms with Crippen molar-refractivity contribution in [2.24, 2.45) is 4.99 Å². The van der Waals surface area contributed by atoms with E-state index in [0.29, 0.717) is 11.3 Å². The van der Waals surface area contributed by atoms with Crippen molar-refractivity contribution >= 4 is 21.8 Å². The molecule has 0 amide bonds. The van der Waals surface area contributed by atoms with Crippen LogP contribution >= 0.6 is 0 Å². The van der Waals surface area contributed by atoms with E-state index in [-0.39, 0.29) is 36.9 Å². The molecule has 1 aliphatic heterocycles. The van der Waals surface area contributed by atoms with E-state index in [0.717, 1.165) is 0 Å². The molecule has 1 heterocycles. The highest BCUT2D eigenvalue weighted by Gasteiger charge is 2.29. The third-order valence-corrected chi connectivity index (χ3v) is 5.00. The standard InChI is InChI=1S/C18H18N2O5S/c21-17(25-13-12-24-14-6-2-1-3-7-14)10-11-19-18-15-8-4-5-9-16(15)26(22,23)20-18/h1-9H,10-13H2,(H,19,20). The molecule has 3 rings (SSSR count). The fourth-order valence-corrected chi connectivity index (χ4v) is 3.67. The summed E-state index contributed by atoms with van der Waals surface area (Å²) >= 11 is 0. The lowest BCUT2D eigenvalue weighted by Crippen LogP contribution is -2.22. The number of carbonyl (C=O) groups excluding carboxylic acids is 1. The van der Waals surface area contributed by atoms with Crippen LogP contribution in [0.1, 0.15) is 12.0 Å². The van der Waals surface area contributed by atoms with Crippen molar-refractivity contribution in [3.05, 3.63) is 60.2 Å². The molecule has 0 fully saturated rings. The van der Waals surface area contributed by atoms with E-state index in [2.05, 4.69) is 9.71 Å².